The minimum Gasteiger partial charge on any atom is -0.454 e. The summed E-state index contributed by atoms with van der Waals surface area (Å²) in [5.74, 6) is -2.37. The first kappa shape index (κ1) is 15.2. The van der Waals surface area contributed by atoms with Gasteiger partial charge in [-0.1, -0.05) is 15.9 Å². The molecule has 0 spiro atoms. The van der Waals surface area contributed by atoms with Crippen LogP contribution in [0.4, 0.5) is 8.78 Å². The summed E-state index contributed by atoms with van der Waals surface area (Å²) in [7, 11) is 1.31. The molecule has 106 valence electrons. The minimum atomic E-state index is -3.84. The van der Waals surface area contributed by atoms with Gasteiger partial charge in [-0.15, -0.1) is 0 Å². The van der Waals surface area contributed by atoms with Crippen molar-refractivity contribution in [1.29, 1.82) is 0 Å². The Hall–Kier alpha value is -1.18. The fourth-order valence-corrected chi connectivity index (χ4v) is 2.58. The predicted octanol–water partition coefficient (Wildman–Crippen LogP) is 4.45. The number of hydrogen-bond donors (Lipinski definition) is 0. The molecule has 0 N–H and O–H groups in total. The van der Waals surface area contributed by atoms with Crippen molar-refractivity contribution in [2.45, 2.75) is 4.90 Å². The molecule has 2 aromatic rings. The molecule has 20 heavy (non-hydrogen) atoms. The average Bonchev–Trinajstić information content (AvgIpc) is 2.35. The molecule has 0 unspecified atom stereocenters. The molecule has 0 saturated carbocycles. The summed E-state index contributed by atoms with van der Waals surface area (Å²) in [5.41, 5.74) is 0. The molecule has 2 aromatic carbocycles. The van der Waals surface area contributed by atoms with E-state index >= 15 is 0 Å². The Kier molecular flexibility index (Phi) is 4.31. The molecule has 0 aliphatic heterocycles. The normalized spacial score (nSPS) is 11.4. The van der Waals surface area contributed by atoms with E-state index in [-0.39, 0.29) is 16.4 Å². The third kappa shape index (κ3) is 3.47. The molecule has 0 fully saturated rings. The van der Waals surface area contributed by atoms with Gasteiger partial charge in [0.2, 0.25) is 5.82 Å². The van der Waals surface area contributed by atoms with Gasteiger partial charge in [-0.2, -0.15) is 4.39 Å². The molecule has 0 bridgehead atoms. The first-order chi connectivity index (χ1) is 9.27. The first-order valence-corrected chi connectivity index (χ1v) is 8.25. The first-order valence-electron chi connectivity index (χ1n) is 5.14. The molecule has 0 aromatic heterocycles. The van der Waals surface area contributed by atoms with Crippen LogP contribution < -0.4 is 4.74 Å². The van der Waals surface area contributed by atoms with Crippen molar-refractivity contribution in [1.82, 2.24) is 0 Å². The van der Waals surface area contributed by atoms with E-state index in [0.29, 0.717) is 4.47 Å². The van der Waals surface area contributed by atoms with Gasteiger partial charge in [0.25, 0.3) is 9.05 Å². The highest BCUT2D eigenvalue weighted by molar-refractivity contribution is 9.10. The third-order valence-corrected chi connectivity index (χ3v) is 4.12. The van der Waals surface area contributed by atoms with Gasteiger partial charge < -0.3 is 4.74 Å². The Bertz CT molecular complexity index is 748. The monoisotopic (exact) mass is 382 g/mol. The average molecular weight is 384 g/mol. The van der Waals surface area contributed by atoms with E-state index in [1.54, 1.807) is 0 Å². The molecule has 0 aliphatic carbocycles. The van der Waals surface area contributed by atoms with Crippen molar-refractivity contribution in [3.63, 3.8) is 0 Å². The largest absolute Gasteiger partial charge is 0.454 e. The highest BCUT2D eigenvalue weighted by Crippen LogP contribution is 2.30. The molecule has 3 nitrogen and oxygen atoms in total. The van der Waals surface area contributed by atoms with Gasteiger partial charge >= 0.3 is 0 Å². The Labute approximate surface area is 126 Å². The molecule has 8 heteroatoms. The highest BCUT2D eigenvalue weighted by Gasteiger charge is 2.13. The van der Waals surface area contributed by atoms with Gasteiger partial charge in [0.1, 0.15) is 5.75 Å². The molecule has 0 heterocycles. The van der Waals surface area contributed by atoms with Gasteiger partial charge in [-0.3, -0.25) is 0 Å². The molecule has 2 rings (SSSR count). The summed E-state index contributed by atoms with van der Waals surface area (Å²) in [5, 5.41) is 0. The molecule has 0 radical (unpaired) electrons. The van der Waals surface area contributed by atoms with E-state index in [0.717, 1.165) is 6.07 Å². The Morgan fingerprint density at radius 2 is 1.70 bits per heavy atom. The van der Waals surface area contributed by atoms with Crippen molar-refractivity contribution >= 4 is 35.7 Å². The van der Waals surface area contributed by atoms with Gasteiger partial charge in [0.15, 0.2) is 11.6 Å². The quantitative estimate of drug-likeness (QED) is 0.581. The number of benzene rings is 2. The smallest absolute Gasteiger partial charge is 0.261 e. The zero-order valence-electron chi connectivity index (χ0n) is 9.61. The van der Waals surface area contributed by atoms with E-state index < -0.39 is 20.7 Å². The van der Waals surface area contributed by atoms with Crippen molar-refractivity contribution in [2.75, 3.05) is 0 Å². The Morgan fingerprint density at radius 3 is 2.25 bits per heavy atom. The fraction of sp³-hybridized carbons (Fsp3) is 0. The highest BCUT2D eigenvalue weighted by atomic mass is 79.9. The van der Waals surface area contributed by atoms with E-state index in [9.17, 15) is 17.2 Å². The molecular weight excluding hydrogens is 378 g/mol. The van der Waals surface area contributed by atoms with Gasteiger partial charge in [-0.25, -0.2) is 12.8 Å². The summed E-state index contributed by atoms with van der Waals surface area (Å²) < 4.78 is 54.3. The van der Waals surface area contributed by atoms with Crippen LogP contribution in [0.15, 0.2) is 45.8 Å². The van der Waals surface area contributed by atoms with Gasteiger partial charge in [0, 0.05) is 15.2 Å². The SMILES string of the molecule is O=S(=O)(Cl)c1ccc(Oc2cc(Br)cc(F)c2F)cc1. The summed E-state index contributed by atoms with van der Waals surface area (Å²) in [4.78, 5) is -0.118. The maximum Gasteiger partial charge on any atom is 0.261 e. The summed E-state index contributed by atoms with van der Waals surface area (Å²) in [6.07, 6.45) is 0. The minimum absolute atomic E-state index is 0.118. The van der Waals surface area contributed by atoms with Gasteiger partial charge in [0.05, 0.1) is 4.90 Å². The summed E-state index contributed by atoms with van der Waals surface area (Å²) >= 11 is 3.01. The number of halogens is 4. The topological polar surface area (TPSA) is 43.4 Å². The zero-order chi connectivity index (χ0) is 14.9. The van der Waals surface area contributed by atoms with Crippen LogP contribution in [0.3, 0.4) is 0 Å². The maximum atomic E-state index is 13.5. The zero-order valence-corrected chi connectivity index (χ0v) is 12.8. The van der Waals surface area contributed by atoms with E-state index in [1.165, 1.54) is 30.3 Å². The fourth-order valence-electron chi connectivity index (χ4n) is 1.40. The molecule has 0 aliphatic rings. The van der Waals surface area contributed by atoms with Crippen LogP contribution in [0, 0.1) is 11.6 Å². The van der Waals surface area contributed by atoms with Crippen LogP contribution in [0.2, 0.25) is 0 Å². The molecule has 0 saturated heterocycles. The Balaban J connectivity index is 2.32. The molecular formula is C12H6BrClF2O3S. The number of hydrogen-bond acceptors (Lipinski definition) is 3. The van der Waals surface area contributed by atoms with Crippen molar-refractivity contribution in [2.24, 2.45) is 0 Å². The second-order valence-corrected chi connectivity index (χ2v) is 7.19. The van der Waals surface area contributed by atoms with Crippen molar-refractivity contribution in [3.8, 4) is 11.5 Å². The number of rotatable bonds is 3. The molecule has 0 atom stereocenters. The van der Waals surface area contributed by atoms with Gasteiger partial charge in [-0.05, 0) is 36.4 Å². The lowest BCUT2D eigenvalue weighted by Crippen LogP contribution is -1.94. The van der Waals surface area contributed by atoms with Crippen LogP contribution in [0.1, 0.15) is 0 Å². The van der Waals surface area contributed by atoms with Crippen LogP contribution >= 0.6 is 26.6 Å². The van der Waals surface area contributed by atoms with E-state index in [4.69, 9.17) is 15.4 Å². The summed E-state index contributed by atoms with van der Waals surface area (Å²) in [6, 6.07) is 7.19. The second-order valence-electron chi connectivity index (χ2n) is 3.71. The predicted molar refractivity (Wildman–Crippen MR) is 73.6 cm³/mol. The Morgan fingerprint density at radius 1 is 1.10 bits per heavy atom. The van der Waals surface area contributed by atoms with Crippen LogP contribution in [-0.2, 0) is 9.05 Å². The van der Waals surface area contributed by atoms with Crippen LogP contribution in [0.25, 0.3) is 0 Å². The van der Waals surface area contributed by atoms with E-state index in [1.807, 2.05) is 0 Å². The van der Waals surface area contributed by atoms with Crippen molar-refractivity contribution in [3.05, 3.63) is 52.5 Å². The summed E-state index contributed by atoms with van der Waals surface area (Å²) in [6.45, 7) is 0. The standard InChI is InChI=1S/C12H6BrClF2O3S/c13-7-5-10(15)12(16)11(6-7)19-8-1-3-9(4-2-8)20(14,17)18/h1-6H. The van der Waals surface area contributed by atoms with E-state index in [2.05, 4.69) is 15.9 Å². The van der Waals surface area contributed by atoms with Crippen LogP contribution in [-0.4, -0.2) is 8.42 Å². The van der Waals surface area contributed by atoms with Crippen molar-refractivity contribution < 1.29 is 21.9 Å². The third-order valence-electron chi connectivity index (χ3n) is 2.29. The maximum absolute atomic E-state index is 13.5. The lowest BCUT2D eigenvalue weighted by atomic mass is 10.3. The van der Waals surface area contributed by atoms with Crippen LogP contribution in [0.5, 0.6) is 11.5 Å². The molecule has 0 amide bonds. The number of ether oxygens (including phenoxy) is 1. The lowest BCUT2D eigenvalue weighted by Gasteiger charge is -2.08. The second kappa shape index (κ2) is 5.67. The lowest BCUT2D eigenvalue weighted by molar-refractivity contribution is 0.415.